The predicted molar refractivity (Wildman–Crippen MR) is 98.3 cm³/mol. The fourth-order valence-corrected chi connectivity index (χ4v) is 2.10. The highest BCUT2D eigenvalue weighted by atomic mass is 35.5. The Morgan fingerprint density at radius 1 is 1.35 bits per heavy atom. The Morgan fingerprint density at radius 2 is 2.09 bits per heavy atom. The molecular formula is C15H20Cl3N3O2. The third kappa shape index (κ3) is 5.70. The zero-order valence-corrected chi connectivity index (χ0v) is 15.3. The molecular weight excluding hydrogens is 361 g/mol. The van der Waals surface area contributed by atoms with Crippen molar-refractivity contribution in [3.63, 3.8) is 0 Å². The Balaban J connectivity index is 0.00000242. The number of rotatable bonds is 6. The highest BCUT2D eigenvalue weighted by Gasteiger charge is 2.11. The molecule has 128 valence electrons. The van der Waals surface area contributed by atoms with E-state index < -0.39 is 0 Å². The number of pyridine rings is 1. The van der Waals surface area contributed by atoms with Gasteiger partial charge in [-0.15, -0.1) is 24.8 Å². The summed E-state index contributed by atoms with van der Waals surface area (Å²) in [6.07, 6.45) is 1.67. The topological polar surface area (TPSA) is 54.5 Å². The molecule has 0 aliphatic carbocycles. The minimum absolute atomic E-state index is 0. The van der Waals surface area contributed by atoms with Crippen LogP contribution in [0.4, 0.5) is 0 Å². The van der Waals surface area contributed by atoms with Crippen LogP contribution in [0.1, 0.15) is 0 Å². The van der Waals surface area contributed by atoms with Crippen molar-refractivity contribution in [3.8, 4) is 5.75 Å². The van der Waals surface area contributed by atoms with Gasteiger partial charge in [0, 0.05) is 31.7 Å². The summed E-state index contributed by atoms with van der Waals surface area (Å²) in [5, 5.41) is 4.42. The van der Waals surface area contributed by atoms with Gasteiger partial charge in [0.25, 0.3) is 5.91 Å². The number of likely N-dealkylation sites (N-methyl/N-ethyl adjacent to an activating group) is 2. The Morgan fingerprint density at radius 3 is 2.78 bits per heavy atom. The van der Waals surface area contributed by atoms with Gasteiger partial charge in [0.15, 0.2) is 6.61 Å². The lowest BCUT2D eigenvalue weighted by Gasteiger charge is -2.17. The first-order chi connectivity index (χ1) is 10.1. The Labute approximate surface area is 153 Å². The summed E-state index contributed by atoms with van der Waals surface area (Å²) >= 11 is 6.12. The second-order valence-electron chi connectivity index (χ2n) is 4.65. The highest BCUT2D eigenvalue weighted by Crippen LogP contribution is 2.29. The van der Waals surface area contributed by atoms with Crippen molar-refractivity contribution in [2.45, 2.75) is 0 Å². The number of nitrogens with zero attached hydrogens (tertiary/aromatic N) is 2. The molecule has 8 heteroatoms. The number of aromatic nitrogens is 1. The van der Waals surface area contributed by atoms with E-state index in [0.29, 0.717) is 22.8 Å². The Kier molecular flexibility index (Phi) is 9.91. The molecule has 0 bridgehead atoms. The van der Waals surface area contributed by atoms with Crippen molar-refractivity contribution in [2.24, 2.45) is 0 Å². The first kappa shape index (κ1) is 21.7. The number of carbonyl (C=O) groups is 1. The zero-order valence-electron chi connectivity index (χ0n) is 12.9. The molecule has 0 fully saturated rings. The van der Waals surface area contributed by atoms with Gasteiger partial charge < -0.3 is 15.0 Å². The summed E-state index contributed by atoms with van der Waals surface area (Å²) < 4.78 is 5.60. The monoisotopic (exact) mass is 379 g/mol. The molecule has 1 aromatic carbocycles. The van der Waals surface area contributed by atoms with Gasteiger partial charge in [-0.2, -0.15) is 0 Å². The van der Waals surface area contributed by atoms with E-state index in [4.69, 9.17) is 16.3 Å². The maximum Gasteiger partial charge on any atom is 0.260 e. The van der Waals surface area contributed by atoms with E-state index in [-0.39, 0.29) is 37.3 Å². The lowest BCUT2D eigenvalue weighted by molar-refractivity contribution is -0.131. The number of hydrogen-bond acceptors (Lipinski definition) is 4. The fraction of sp³-hybridized carbons (Fsp3) is 0.333. The van der Waals surface area contributed by atoms with Gasteiger partial charge in [0.2, 0.25) is 0 Å². The SMILES string of the molecule is CNCCN(C)C(=O)COc1ccc(Cl)c2cccnc12.Cl.Cl. The van der Waals surface area contributed by atoms with Crippen molar-refractivity contribution in [1.82, 2.24) is 15.2 Å². The molecule has 23 heavy (non-hydrogen) atoms. The van der Waals surface area contributed by atoms with Gasteiger partial charge >= 0.3 is 0 Å². The van der Waals surface area contributed by atoms with Crippen LogP contribution in [0.25, 0.3) is 10.9 Å². The number of benzene rings is 1. The fourth-order valence-electron chi connectivity index (χ4n) is 1.88. The molecule has 0 aliphatic heterocycles. The van der Waals surface area contributed by atoms with Gasteiger partial charge in [-0.3, -0.25) is 9.78 Å². The van der Waals surface area contributed by atoms with Crippen molar-refractivity contribution in [2.75, 3.05) is 33.8 Å². The standard InChI is InChI=1S/C15H18ClN3O2.2ClH/c1-17-8-9-19(2)14(20)10-21-13-6-5-12(16)11-4-3-7-18-15(11)13;;/h3-7,17H,8-10H2,1-2H3;2*1H. The molecule has 0 atom stereocenters. The van der Waals surface area contributed by atoms with E-state index in [9.17, 15) is 4.79 Å². The zero-order chi connectivity index (χ0) is 15.2. The first-order valence-electron chi connectivity index (χ1n) is 6.68. The Bertz CT molecular complexity index is 640. The summed E-state index contributed by atoms with van der Waals surface area (Å²) in [6, 6.07) is 7.17. The van der Waals surface area contributed by atoms with Crippen LogP contribution in [-0.2, 0) is 4.79 Å². The molecule has 0 aliphatic rings. The quantitative estimate of drug-likeness (QED) is 0.837. The molecule has 1 N–H and O–H groups in total. The number of nitrogens with one attached hydrogen (secondary N) is 1. The molecule has 2 aromatic rings. The van der Waals surface area contributed by atoms with Crippen molar-refractivity contribution < 1.29 is 9.53 Å². The second kappa shape index (κ2) is 10.5. The van der Waals surface area contributed by atoms with Gasteiger partial charge in [0.05, 0.1) is 5.02 Å². The van der Waals surface area contributed by atoms with E-state index in [1.54, 1.807) is 30.3 Å². The van der Waals surface area contributed by atoms with Crippen molar-refractivity contribution in [1.29, 1.82) is 0 Å². The number of halogens is 3. The van der Waals surface area contributed by atoms with Crippen LogP contribution >= 0.6 is 36.4 Å². The van der Waals surface area contributed by atoms with Gasteiger partial charge in [-0.25, -0.2) is 0 Å². The van der Waals surface area contributed by atoms with Crippen LogP contribution in [-0.4, -0.2) is 49.6 Å². The van der Waals surface area contributed by atoms with Crippen LogP contribution in [0.2, 0.25) is 5.02 Å². The van der Waals surface area contributed by atoms with Gasteiger partial charge in [0.1, 0.15) is 11.3 Å². The lowest BCUT2D eigenvalue weighted by atomic mass is 10.2. The summed E-state index contributed by atoms with van der Waals surface area (Å²) in [5.74, 6) is 0.481. The minimum atomic E-state index is -0.0794. The summed E-state index contributed by atoms with van der Waals surface area (Å²) in [5.41, 5.74) is 0.663. The van der Waals surface area contributed by atoms with E-state index in [2.05, 4.69) is 10.3 Å². The molecule has 1 heterocycles. The van der Waals surface area contributed by atoms with Crippen LogP contribution in [0.3, 0.4) is 0 Å². The van der Waals surface area contributed by atoms with Crippen LogP contribution < -0.4 is 10.1 Å². The molecule has 0 saturated carbocycles. The molecule has 0 radical (unpaired) electrons. The largest absolute Gasteiger partial charge is 0.481 e. The first-order valence-corrected chi connectivity index (χ1v) is 7.06. The van der Waals surface area contributed by atoms with Gasteiger partial charge in [-0.1, -0.05) is 11.6 Å². The Hall–Kier alpha value is -1.27. The van der Waals surface area contributed by atoms with Gasteiger partial charge in [-0.05, 0) is 31.3 Å². The summed E-state index contributed by atoms with van der Waals surface area (Å²) in [7, 11) is 3.60. The summed E-state index contributed by atoms with van der Waals surface area (Å²) in [6.45, 7) is 1.36. The molecule has 0 spiro atoms. The van der Waals surface area contributed by atoms with Crippen LogP contribution in [0.5, 0.6) is 5.75 Å². The molecule has 1 amide bonds. The predicted octanol–water partition coefficient (Wildman–Crippen LogP) is 2.79. The number of amides is 1. The maximum atomic E-state index is 12.0. The molecule has 2 rings (SSSR count). The average Bonchev–Trinajstić information content (AvgIpc) is 2.52. The van der Waals surface area contributed by atoms with E-state index in [1.807, 2.05) is 19.2 Å². The van der Waals surface area contributed by atoms with Crippen LogP contribution in [0, 0.1) is 0 Å². The van der Waals surface area contributed by atoms with E-state index in [0.717, 1.165) is 11.9 Å². The molecule has 0 unspecified atom stereocenters. The second-order valence-corrected chi connectivity index (χ2v) is 5.06. The minimum Gasteiger partial charge on any atom is -0.481 e. The molecule has 5 nitrogen and oxygen atoms in total. The van der Waals surface area contributed by atoms with Crippen molar-refractivity contribution in [3.05, 3.63) is 35.5 Å². The molecule has 1 aromatic heterocycles. The lowest BCUT2D eigenvalue weighted by Crippen LogP contribution is -2.35. The average molecular weight is 381 g/mol. The van der Waals surface area contributed by atoms with E-state index in [1.165, 1.54) is 0 Å². The number of fused-ring (bicyclic) bond motifs is 1. The third-order valence-corrected chi connectivity index (χ3v) is 3.48. The number of ether oxygens (including phenoxy) is 1. The normalized spacial score (nSPS) is 9.70. The third-order valence-electron chi connectivity index (χ3n) is 3.15. The number of carbonyl (C=O) groups excluding carboxylic acids is 1. The maximum absolute atomic E-state index is 12.0. The van der Waals surface area contributed by atoms with E-state index >= 15 is 0 Å². The van der Waals surface area contributed by atoms with Crippen molar-refractivity contribution >= 4 is 53.2 Å². The summed E-state index contributed by atoms with van der Waals surface area (Å²) in [4.78, 5) is 17.8. The number of hydrogen-bond donors (Lipinski definition) is 1. The van der Waals surface area contributed by atoms with Crippen LogP contribution in [0.15, 0.2) is 30.5 Å². The molecule has 0 saturated heterocycles. The highest BCUT2D eigenvalue weighted by molar-refractivity contribution is 6.35. The smallest absolute Gasteiger partial charge is 0.260 e.